The fraction of sp³-hybridized carbons (Fsp3) is 0.409. The predicted molar refractivity (Wildman–Crippen MR) is 118 cm³/mol. The summed E-state index contributed by atoms with van der Waals surface area (Å²) in [5, 5.41) is 12.3. The second kappa shape index (κ2) is 10.4. The Hall–Kier alpha value is -2.58. The summed E-state index contributed by atoms with van der Waals surface area (Å²) in [7, 11) is 4.10. The lowest BCUT2D eigenvalue weighted by molar-refractivity contribution is -0.120. The Labute approximate surface area is 181 Å². The quantitative estimate of drug-likeness (QED) is 0.497. The maximum absolute atomic E-state index is 12.6. The number of carbonyl (C=O) groups is 1. The third-order valence-corrected chi connectivity index (χ3v) is 5.99. The Bertz CT molecular complexity index is 924. The zero-order chi connectivity index (χ0) is 21.5. The van der Waals surface area contributed by atoms with Crippen LogP contribution in [0.5, 0.6) is 0 Å². The number of nitrogens with one attached hydrogen (secondary N) is 1. The molecule has 0 saturated heterocycles. The van der Waals surface area contributed by atoms with Crippen molar-refractivity contribution in [3.8, 4) is 0 Å². The fourth-order valence-electron chi connectivity index (χ4n) is 3.27. The van der Waals surface area contributed by atoms with Gasteiger partial charge in [-0.15, -0.1) is 10.2 Å². The molecule has 3 aromatic rings. The number of nitrogens with zero attached hydrogens (tertiary/aromatic N) is 4. The molecular formula is C22H29N5O2S. The van der Waals surface area contributed by atoms with Gasteiger partial charge in [0.2, 0.25) is 5.91 Å². The van der Waals surface area contributed by atoms with E-state index < -0.39 is 0 Å². The van der Waals surface area contributed by atoms with E-state index in [9.17, 15) is 4.79 Å². The van der Waals surface area contributed by atoms with E-state index in [1.54, 1.807) is 6.26 Å². The SMILES string of the molecule is CC[C@@H](c1nnc(S[C@H](C)C(=O)NCc2ccco2)n1Cc1ccccc1)N(C)C. The van der Waals surface area contributed by atoms with Gasteiger partial charge in [-0.25, -0.2) is 0 Å². The monoisotopic (exact) mass is 427 g/mol. The lowest BCUT2D eigenvalue weighted by Crippen LogP contribution is -2.30. The summed E-state index contributed by atoms with van der Waals surface area (Å²) in [6, 6.07) is 14.0. The zero-order valence-corrected chi connectivity index (χ0v) is 18.7. The van der Waals surface area contributed by atoms with Gasteiger partial charge >= 0.3 is 0 Å². The Morgan fingerprint density at radius 1 is 1.20 bits per heavy atom. The number of aromatic nitrogens is 3. The summed E-state index contributed by atoms with van der Waals surface area (Å²) in [6.07, 6.45) is 2.52. The van der Waals surface area contributed by atoms with Gasteiger partial charge in [-0.1, -0.05) is 49.0 Å². The van der Waals surface area contributed by atoms with Crippen molar-refractivity contribution < 1.29 is 9.21 Å². The van der Waals surface area contributed by atoms with Gasteiger partial charge in [0.1, 0.15) is 5.76 Å². The van der Waals surface area contributed by atoms with E-state index in [0.717, 1.165) is 23.2 Å². The van der Waals surface area contributed by atoms with Crippen molar-refractivity contribution in [1.29, 1.82) is 0 Å². The molecule has 1 amide bonds. The van der Waals surface area contributed by atoms with Crippen LogP contribution in [0.3, 0.4) is 0 Å². The molecule has 30 heavy (non-hydrogen) atoms. The first kappa shape index (κ1) is 22.1. The minimum atomic E-state index is -0.314. The minimum absolute atomic E-state index is 0.0631. The second-order valence-corrected chi connectivity index (χ2v) is 8.67. The lowest BCUT2D eigenvalue weighted by atomic mass is 10.2. The molecule has 1 N–H and O–H groups in total. The smallest absolute Gasteiger partial charge is 0.233 e. The molecule has 0 spiro atoms. The maximum Gasteiger partial charge on any atom is 0.233 e. The van der Waals surface area contributed by atoms with E-state index >= 15 is 0 Å². The van der Waals surface area contributed by atoms with Crippen molar-refractivity contribution in [2.45, 2.75) is 49.8 Å². The van der Waals surface area contributed by atoms with E-state index in [1.165, 1.54) is 17.3 Å². The van der Waals surface area contributed by atoms with Crippen molar-refractivity contribution in [2.75, 3.05) is 14.1 Å². The van der Waals surface area contributed by atoms with Gasteiger partial charge in [0.15, 0.2) is 11.0 Å². The number of carbonyl (C=O) groups excluding carboxylic acids is 1. The van der Waals surface area contributed by atoms with Gasteiger partial charge in [0, 0.05) is 0 Å². The van der Waals surface area contributed by atoms with Gasteiger partial charge in [-0.3, -0.25) is 9.69 Å². The molecule has 0 unspecified atom stereocenters. The molecule has 2 heterocycles. The van der Waals surface area contributed by atoms with Crippen LogP contribution in [0.1, 0.15) is 43.5 Å². The van der Waals surface area contributed by atoms with Crippen molar-refractivity contribution in [3.05, 3.63) is 65.9 Å². The molecule has 0 saturated carbocycles. The molecule has 2 atom stereocenters. The highest BCUT2D eigenvalue weighted by Crippen LogP contribution is 2.28. The summed E-state index contributed by atoms with van der Waals surface area (Å²) < 4.78 is 7.41. The summed E-state index contributed by atoms with van der Waals surface area (Å²) >= 11 is 1.42. The average molecular weight is 428 g/mol. The van der Waals surface area contributed by atoms with Gasteiger partial charge in [0.05, 0.1) is 30.6 Å². The average Bonchev–Trinajstić information content (AvgIpc) is 3.39. The van der Waals surface area contributed by atoms with Crippen LogP contribution in [-0.2, 0) is 17.9 Å². The third-order valence-electron chi connectivity index (χ3n) is 4.91. The summed E-state index contributed by atoms with van der Waals surface area (Å²) in [4.78, 5) is 14.7. The number of benzene rings is 1. The molecule has 8 heteroatoms. The van der Waals surface area contributed by atoms with E-state index in [4.69, 9.17) is 4.42 Å². The number of hydrogen-bond acceptors (Lipinski definition) is 6. The van der Waals surface area contributed by atoms with E-state index in [0.29, 0.717) is 13.1 Å². The third kappa shape index (κ3) is 5.52. The van der Waals surface area contributed by atoms with Gasteiger partial charge < -0.3 is 14.3 Å². The number of rotatable bonds is 10. The molecule has 0 aliphatic heterocycles. The van der Waals surface area contributed by atoms with Crippen LogP contribution in [0.25, 0.3) is 0 Å². The topological polar surface area (TPSA) is 76.2 Å². The maximum atomic E-state index is 12.6. The standard InChI is InChI=1S/C22H29N5O2S/c1-5-19(26(3)4)20-24-25-22(27(20)15-17-10-7-6-8-11-17)30-16(2)21(28)23-14-18-12-9-13-29-18/h6-13,16,19H,5,14-15H2,1-4H3,(H,23,28)/t16-,19+/m1/s1. The highest BCUT2D eigenvalue weighted by molar-refractivity contribution is 8.00. The fourth-order valence-corrected chi connectivity index (χ4v) is 4.15. The zero-order valence-electron chi connectivity index (χ0n) is 17.9. The predicted octanol–water partition coefficient (Wildman–Crippen LogP) is 3.73. The first-order chi connectivity index (χ1) is 14.5. The van der Waals surface area contributed by atoms with Crippen LogP contribution in [0.2, 0.25) is 0 Å². The molecule has 3 rings (SSSR count). The second-order valence-electron chi connectivity index (χ2n) is 7.36. The Kier molecular flexibility index (Phi) is 7.70. The highest BCUT2D eigenvalue weighted by atomic mass is 32.2. The van der Waals surface area contributed by atoms with Gasteiger partial charge in [0.25, 0.3) is 0 Å². The van der Waals surface area contributed by atoms with E-state index in [1.807, 2.05) is 51.4 Å². The molecule has 0 fully saturated rings. The minimum Gasteiger partial charge on any atom is -0.467 e. The molecule has 0 aliphatic rings. The molecule has 1 aromatic carbocycles. The first-order valence-electron chi connectivity index (χ1n) is 10.1. The van der Waals surface area contributed by atoms with Crippen molar-refractivity contribution in [2.24, 2.45) is 0 Å². The number of amides is 1. The van der Waals surface area contributed by atoms with Crippen molar-refractivity contribution in [1.82, 2.24) is 25.0 Å². The molecular weight excluding hydrogens is 398 g/mol. The molecule has 2 aromatic heterocycles. The highest BCUT2D eigenvalue weighted by Gasteiger charge is 2.25. The first-order valence-corrected chi connectivity index (χ1v) is 11.0. The lowest BCUT2D eigenvalue weighted by Gasteiger charge is -2.23. The normalized spacial score (nSPS) is 13.4. The number of hydrogen-bond donors (Lipinski definition) is 1. The molecule has 0 aliphatic carbocycles. The Balaban J connectivity index is 1.78. The Morgan fingerprint density at radius 2 is 1.97 bits per heavy atom. The molecule has 0 bridgehead atoms. The molecule has 0 radical (unpaired) electrons. The Morgan fingerprint density at radius 3 is 2.60 bits per heavy atom. The van der Waals surface area contributed by atoms with Crippen LogP contribution in [0, 0.1) is 0 Å². The van der Waals surface area contributed by atoms with Crippen LogP contribution < -0.4 is 5.32 Å². The van der Waals surface area contributed by atoms with Gasteiger partial charge in [-0.05, 0) is 45.1 Å². The number of furan rings is 1. The molecule has 7 nitrogen and oxygen atoms in total. The van der Waals surface area contributed by atoms with Crippen LogP contribution in [0.4, 0.5) is 0 Å². The van der Waals surface area contributed by atoms with Crippen LogP contribution >= 0.6 is 11.8 Å². The van der Waals surface area contributed by atoms with Crippen LogP contribution in [-0.4, -0.2) is 44.9 Å². The summed E-state index contributed by atoms with van der Waals surface area (Å²) in [5.74, 6) is 1.58. The van der Waals surface area contributed by atoms with E-state index in [-0.39, 0.29) is 17.2 Å². The van der Waals surface area contributed by atoms with E-state index in [2.05, 4.69) is 44.0 Å². The van der Waals surface area contributed by atoms with Crippen molar-refractivity contribution in [3.63, 3.8) is 0 Å². The molecule has 160 valence electrons. The van der Waals surface area contributed by atoms with Crippen molar-refractivity contribution >= 4 is 17.7 Å². The number of thioether (sulfide) groups is 1. The summed E-state index contributed by atoms with van der Waals surface area (Å²) in [6.45, 7) is 5.06. The largest absolute Gasteiger partial charge is 0.467 e. The summed E-state index contributed by atoms with van der Waals surface area (Å²) in [5.41, 5.74) is 1.17. The van der Waals surface area contributed by atoms with Crippen LogP contribution in [0.15, 0.2) is 58.3 Å². The van der Waals surface area contributed by atoms with Gasteiger partial charge in [-0.2, -0.15) is 0 Å².